The van der Waals surface area contributed by atoms with Gasteiger partial charge < -0.3 is 10.1 Å². The summed E-state index contributed by atoms with van der Waals surface area (Å²) in [5, 5.41) is 3.28. The number of carbonyl (C=O) groups is 1. The molecule has 1 saturated heterocycles. The van der Waals surface area contributed by atoms with Crippen LogP contribution < -0.4 is 5.32 Å². The van der Waals surface area contributed by atoms with Crippen LogP contribution in [-0.2, 0) is 11.3 Å². The Kier molecular flexibility index (Phi) is 7.43. The van der Waals surface area contributed by atoms with E-state index in [1.807, 2.05) is 30.3 Å². The van der Waals surface area contributed by atoms with E-state index in [2.05, 4.69) is 10.1 Å². The van der Waals surface area contributed by atoms with Crippen molar-refractivity contribution < 1.29 is 9.53 Å². The van der Waals surface area contributed by atoms with Crippen molar-refractivity contribution in [1.82, 2.24) is 5.32 Å². The summed E-state index contributed by atoms with van der Waals surface area (Å²) in [5.74, 6) is 0. The molecule has 0 aromatic heterocycles. The summed E-state index contributed by atoms with van der Waals surface area (Å²) in [6.07, 6.45) is 4.22. The Morgan fingerprint density at radius 3 is 2.24 bits per heavy atom. The van der Waals surface area contributed by atoms with Crippen LogP contribution >= 0.6 is 11.6 Å². The second-order valence-electron chi connectivity index (χ2n) is 3.82. The predicted molar refractivity (Wildman–Crippen MR) is 69.2 cm³/mol. The summed E-state index contributed by atoms with van der Waals surface area (Å²) in [7, 11) is 0. The highest BCUT2D eigenvalue weighted by Crippen LogP contribution is 2.01. The number of hydrogen-bond acceptors (Lipinski definition) is 3. The van der Waals surface area contributed by atoms with Gasteiger partial charge in [-0.15, -0.1) is 0 Å². The molecule has 1 heterocycles. The van der Waals surface area contributed by atoms with E-state index in [0.717, 1.165) is 5.56 Å². The van der Waals surface area contributed by atoms with Crippen molar-refractivity contribution in [2.75, 3.05) is 13.1 Å². The Bertz CT molecular complexity index is 301. The van der Waals surface area contributed by atoms with Gasteiger partial charge in [-0.2, -0.15) is 0 Å². The first-order chi connectivity index (χ1) is 8.29. The third-order valence-electron chi connectivity index (χ3n) is 2.40. The average Bonchev–Trinajstić information content (AvgIpc) is 2.40. The molecule has 17 heavy (non-hydrogen) atoms. The summed E-state index contributed by atoms with van der Waals surface area (Å²) in [6, 6.07) is 9.36. The Hall–Kier alpha value is -1.06. The Labute approximate surface area is 107 Å². The van der Waals surface area contributed by atoms with Gasteiger partial charge >= 0.3 is 5.43 Å². The molecule has 0 amide bonds. The standard InChI is InChI=1S/C8H7ClO2.C5H11N/c9-8(10)11-6-7-4-2-1-3-5-7;1-2-4-6-5-3-1/h1-5H,6H2;6H,1-5H2. The molecule has 1 aromatic rings. The van der Waals surface area contributed by atoms with Crippen LogP contribution in [0.2, 0.25) is 0 Å². The van der Waals surface area contributed by atoms with E-state index < -0.39 is 5.43 Å². The van der Waals surface area contributed by atoms with Crippen LogP contribution in [0.1, 0.15) is 24.8 Å². The zero-order chi connectivity index (χ0) is 12.3. The van der Waals surface area contributed by atoms with Crippen LogP contribution in [0.5, 0.6) is 0 Å². The first-order valence-electron chi connectivity index (χ1n) is 5.86. The molecule has 3 nitrogen and oxygen atoms in total. The normalized spacial score (nSPS) is 14.4. The van der Waals surface area contributed by atoms with Gasteiger partial charge in [0, 0.05) is 11.6 Å². The van der Waals surface area contributed by atoms with E-state index in [4.69, 9.17) is 11.6 Å². The van der Waals surface area contributed by atoms with Gasteiger partial charge in [-0.3, -0.25) is 0 Å². The van der Waals surface area contributed by atoms with Crippen molar-refractivity contribution in [3.05, 3.63) is 35.9 Å². The number of carbonyl (C=O) groups excluding carboxylic acids is 1. The molecule has 1 aliphatic rings. The molecular weight excluding hydrogens is 238 g/mol. The van der Waals surface area contributed by atoms with Crippen LogP contribution in [0, 0.1) is 0 Å². The molecule has 0 aliphatic carbocycles. The van der Waals surface area contributed by atoms with E-state index in [1.165, 1.54) is 32.4 Å². The lowest BCUT2D eigenvalue weighted by molar-refractivity contribution is 0.167. The maximum Gasteiger partial charge on any atom is 0.404 e. The molecule has 0 spiro atoms. The number of hydrogen-bond donors (Lipinski definition) is 1. The lowest BCUT2D eigenvalue weighted by Crippen LogP contribution is -2.21. The van der Waals surface area contributed by atoms with Gasteiger partial charge in [0.15, 0.2) is 0 Å². The maximum atomic E-state index is 10.2. The van der Waals surface area contributed by atoms with Gasteiger partial charge in [-0.25, -0.2) is 4.79 Å². The molecule has 0 atom stereocenters. The summed E-state index contributed by atoms with van der Waals surface area (Å²) in [4.78, 5) is 10.2. The largest absolute Gasteiger partial charge is 0.449 e. The van der Waals surface area contributed by atoms with E-state index in [1.54, 1.807) is 0 Å². The molecule has 0 saturated carbocycles. The zero-order valence-electron chi connectivity index (χ0n) is 9.82. The van der Waals surface area contributed by atoms with Crippen molar-refractivity contribution in [3.63, 3.8) is 0 Å². The number of piperidine rings is 1. The number of benzene rings is 1. The van der Waals surface area contributed by atoms with Crippen molar-refractivity contribution >= 4 is 17.0 Å². The first kappa shape index (κ1) is 14.0. The molecule has 1 fully saturated rings. The van der Waals surface area contributed by atoms with E-state index in [0.29, 0.717) is 0 Å². The minimum Gasteiger partial charge on any atom is -0.449 e. The predicted octanol–water partition coefficient (Wildman–Crippen LogP) is 3.32. The highest BCUT2D eigenvalue weighted by Gasteiger charge is 1.95. The highest BCUT2D eigenvalue weighted by atomic mass is 35.5. The molecule has 94 valence electrons. The maximum absolute atomic E-state index is 10.2. The fourth-order valence-corrected chi connectivity index (χ4v) is 1.57. The van der Waals surface area contributed by atoms with Gasteiger partial charge in [0.2, 0.25) is 0 Å². The van der Waals surface area contributed by atoms with Crippen LogP contribution in [0.4, 0.5) is 4.79 Å². The van der Waals surface area contributed by atoms with Crippen molar-refractivity contribution in [1.29, 1.82) is 0 Å². The quantitative estimate of drug-likeness (QED) is 0.824. The van der Waals surface area contributed by atoms with Crippen LogP contribution in [0.25, 0.3) is 0 Å². The van der Waals surface area contributed by atoms with E-state index in [-0.39, 0.29) is 6.61 Å². The van der Waals surface area contributed by atoms with Gasteiger partial charge in [0.1, 0.15) is 6.61 Å². The number of rotatable bonds is 2. The molecular formula is C13H18ClNO2. The van der Waals surface area contributed by atoms with Crippen molar-refractivity contribution in [2.45, 2.75) is 25.9 Å². The molecule has 0 bridgehead atoms. The van der Waals surface area contributed by atoms with Gasteiger partial charge in [-0.1, -0.05) is 36.8 Å². The fourth-order valence-electron chi connectivity index (χ4n) is 1.52. The Balaban J connectivity index is 0.000000202. The molecule has 2 rings (SSSR count). The third kappa shape index (κ3) is 7.77. The number of ether oxygens (including phenoxy) is 1. The van der Waals surface area contributed by atoms with Crippen LogP contribution in [0.3, 0.4) is 0 Å². The monoisotopic (exact) mass is 255 g/mol. The summed E-state index contributed by atoms with van der Waals surface area (Å²) in [5.41, 5.74) is 0.162. The van der Waals surface area contributed by atoms with Crippen molar-refractivity contribution in [3.8, 4) is 0 Å². The number of halogens is 1. The smallest absolute Gasteiger partial charge is 0.404 e. The van der Waals surface area contributed by atoms with E-state index in [9.17, 15) is 4.79 Å². The third-order valence-corrected chi connectivity index (χ3v) is 2.51. The minimum atomic E-state index is -0.770. The average molecular weight is 256 g/mol. The lowest BCUT2D eigenvalue weighted by atomic mass is 10.2. The summed E-state index contributed by atoms with van der Waals surface area (Å²) < 4.78 is 4.55. The minimum absolute atomic E-state index is 0.239. The highest BCUT2D eigenvalue weighted by molar-refractivity contribution is 6.61. The van der Waals surface area contributed by atoms with Crippen LogP contribution in [0.15, 0.2) is 30.3 Å². The van der Waals surface area contributed by atoms with Gasteiger partial charge in [-0.05, 0) is 31.5 Å². The molecule has 0 radical (unpaired) electrons. The summed E-state index contributed by atoms with van der Waals surface area (Å²) in [6.45, 7) is 2.74. The van der Waals surface area contributed by atoms with Gasteiger partial charge in [0.25, 0.3) is 0 Å². The number of nitrogens with one attached hydrogen (secondary N) is 1. The van der Waals surface area contributed by atoms with Crippen molar-refractivity contribution in [2.24, 2.45) is 0 Å². The molecule has 4 heteroatoms. The topological polar surface area (TPSA) is 38.3 Å². The van der Waals surface area contributed by atoms with Gasteiger partial charge in [0.05, 0.1) is 0 Å². The van der Waals surface area contributed by atoms with E-state index >= 15 is 0 Å². The molecule has 1 aliphatic heterocycles. The lowest BCUT2D eigenvalue weighted by Gasteiger charge is -2.08. The SMILES string of the molecule is C1CCNCC1.O=C(Cl)OCc1ccccc1. The zero-order valence-corrected chi connectivity index (χ0v) is 10.6. The second kappa shape index (κ2) is 9.02. The van der Waals surface area contributed by atoms with Crippen LogP contribution in [-0.4, -0.2) is 18.5 Å². The fraction of sp³-hybridized carbons (Fsp3) is 0.462. The summed E-state index contributed by atoms with van der Waals surface area (Å²) >= 11 is 4.97. The Morgan fingerprint density at radius 2 is 1.82 bits per heavy atom. The molecule has 1 aromatic carbocycles. The Morgan fingerprint density at radius 1 is 1.18 bits per heavy atom. The molecule has 1 N–H and O–H groups in total. The first-order valence-corrected chi connectivity index (χ1v) is 6.24. The molecule has 0 unspecified atom stereocenters. The second-order valence-corrected chi connectivity index (χ2v) is 4.13.